The van der Waals surface area contributed by atoms with Crippen molar-refractivity contribution >= 4 is 10.0 Å². The number of nitrogens with one attached hydrogen (secondary N) is 1. The van der Waals surface area contributed by atoms with Crippen LogP contribution in [-0.2, 0) is 10.0 Å². The molecule has 1 N–H and O–H groups in total. The molecule has 1 aromatic rings. The summed E-state index contributed by atoms with van der Waals surface area (Å²) in [7, 11) is -3.25. The summed E-state index contributed by atoms with van der Waals surface area (Å²) in [6.07, 6.45) is 5.48. The lowest BCUT2D eigenvalue weighted by Gasteiger charge is -2.12. The first kappa shape index (κ1) is 13.8. The van der Waals surface area contributed by atoms with Crippen LogP contribution in [0.25, 0.3) is 0 Å². The quantitative estimate of drug-likeness (QED) is 0.618. The van der Waals surface area contributed by atoms with Crippen LogP contribution in [0.3, 0.4) is 0 Å². The Morgan fingerprint density at radius 3 is 2.59 bits per heavy atom. The molecule has 1 aromatic carbocycles. The molecular weight excluding hydrogens is 234 g/mol. The van der Waals surface area contributed by atoms with Gasteiger partial charge in [0.25, 0.3) is 0 Å². The molecule has 0 amide bonds. The predicted octanol–water partition coefficient (Wildman–Crippen LogP) is 1.73. The molecule has 0 aliphatic rings. The monoisotopic (exact) mass is 251 g/mol. The van der Waals surface area contributed by atoms with E-state index in [4.69, 9.17) is 6.42 Å². The first-order valence-corrected chi connectivity index (χ1v) is 7.16. The van der Waals surface area contributed by atoms with Crippen molar-refractivity contribution in [3.63, 3.8) is 0 Å². The first-order chi connectivity index (χ1) is 8.05. The van der Waals surface area contributed by atoms with E-state index in [0.29, 0.717) is 13.0 Å². The summed E-state index contributed by atoms with van der Waals surface area (Å²) in [5.74, 6) is 2.46. The van der Waals surface area contributed by atoms with Gasteiger partial charge in [-0.25, -0.2) is 13.1 Å². The zero-order chi connectivity index (χ0) is 12.7. The van der Waals surface area contributed by atoms with Gasteiger partial charge >= 0.3 is 0 Å². The Balaban J connectivity index is 2.57. The van der Waals surface area contributed by atoms with Gasteiger partial charge in [-0.05, 0) is 11.5 Å². The molecule has 0 fully saturated rings. The summed E-state index contributed by atoms with van der Waals surface area (Å²) in [5.41, 5.74) is 1.02. The molecule has 0 aliphatic heterocycles. The van der Waals surface area contributed by atoms with E-state index in [1.165, 1.54) is 0 Å². The van der Waals surface area contributed by atoms with Crippen LogP contribution >= 0.6 is 0 Å². The summed E-state index contributed by atoms with van der Waals surface area (Å²) in [5, 5.41) is 0. The highest BCUT2D eigenvalue weighted by atomic mass is 32.2. The molecule has 0 saturated heterocycles. The molecule has 0 bridgehead atoms. The molecule has 17 heavy (non-hydrogen) atoms. The number of hydrogen-bond acceptors (Lipinski definition) is 2. The SMILES string of the molecule is C#CCCNS(=O)(=O)CC(C)c1ccccc1. The molecule has 4 heteroatoms. The molecule has 0 aliphatic carbocycles. The number of hydrogen-bond donors (Lipinski definition) is 1. The van der Waals surface area contributed by atoms with Gasteiger partial charge in [0.15, 0.2) is 0 Å². The Labute approximate surface area is 103 Å². The van der Waals surface area contributed by atoms with Crippen LogP contribution in [-0.4, -0.2) is 20.7 Å². The Bertz CT molecular complexity index is 474. The van der Waals surface area contributed by atoms with E-state index >= 15 is 0 Å². The van der Waals surface area contributed by atoms with Crippen molar-refractivity contribution in [2.75, 3.05) is 12.3 Å². The van der Waals surface area contributed by atoms with Gasteiger partial charge in [0, 0.05) is 13.0 Å². The fraction of sp³-hybridized carbons (Fsp3) is 0.385. The van der Waals surface area contributed by atoms with Gasteiger partial charge in [-0.3, -0.25) is 0 Å². The molecule has 0 aromatic heterocycles. The third-order valence-corrected chi connectivity index (χ3v) is 4.01. The molecule has 0 saturated carbocycles. The minimum atomic E-state index is -3.25. The highest BCUT2D eigenvalue weighted by Gasteiger charge is 2.15. The predicted molar refractivity (Wildman–Crippen MR) is 70.1 cm³/mol. The van der Waals surface area contributed by atoms with Crippen molar-refractivity contribution in [1.82, 2.24) is 4.72 Å². The smallest absolute Gasteiger partial charge is 0.212 e. The van der Waals surface area contributed by atoms with E-state index in [9.17, 15) is 8.42 Å². The zero-order valence-electron chi connectivity index (χ0n) is 9.89. The molecular formula is C13H17NO2S. The van der Waals surface area contributed by atoms with Crippen LogP contribution in [0.15, 0.2) is 30.3 Å². The van der Waals surface area contributed by atoms with Gasteiger partial charge in [-0.15, -0.1) is 12.3 Å². The third kappa shape index (κ3) is 5.03. The molecule has 0 spiro atoms. The second-order valence-electron chi connectivity index (χ2n) is 3.94. The fourth-order valence-electron chi connectivity index (χ4n) is 1.54. The maximum Gasteiger partial charge on any atom is 0.212 e. The lowest BCUT2D eigenvalue weighted by atomic mass is 10.0. The standard InChI is InChI=1S/C13H17NO2S/c1-3-4-10-14-17(15,16)11-12(2)13-8-6-5-7-9-13/h1,5-9,12,14H,4,10-11H2,2H3. The summed E-state index contributed by atoms with van der Waals surface area (Å²) < 4.78 is 25.9. The Kier molecular flexibility index (Phi) is 5.20. The van der Waals surface area contributed by atoms with Crippen LogP contribution in [0.5, 0.6) is 0 Å². The van der Waals surface area contributed by atoms with Crippen molar-refractivity contribution < 1.29 is 8.42 Å². The van der Waals surface area contributed by atoms with Gasteiger partial charge in [-0.1, -0.05) is 37.3 Å². The van der Waals surface area contributed by atoms with Gasteiger partial charge in [0.2, 0.25) is 10.0 Å². The lowest BCUT2D eigenvalue weighted by Crippen LogP contribution is -2.29. The van der Waals surface area contributed by atoms with Gasteiger partial charge in [0.05, 0.1) is 5.75 Å². The number of benzene rings is 1. The van der Waals surface area contributed by atoms with Crippen molar-refractivity contribution in [2.24, 2.45) is 0 Å². The Hall–Kier alpha value is -1.31. The summed E-state index contributed by atoms with van der Waals surface area (Å²) in [6.45, 7) is 2.20. The maximum atomic E-state index is 11.7. The molecule has 0 radical (unpaired) electrons. The molecule has 1 unspecified atom stereocenters. The summed E-state index contributed by atoms with van der Waals surface area (Å²) >= 11 is 0. The second-order valence-corrected chi connectivity index (χ2v) is 5.79. The number of sulfonamides is 1. The van der Waals surface area contributed by atoms with Crippen molar-refractivity contribution in [3.8, 4) is 12.3 Å². The van der Waals surface area contributed by atoms with Gasteiger partial charge in [-0.2, -0.15) is 0 Å². The Morgan fingerprint density at radius 1 is 1.35 bits per heavy atom. The first-order valence-electron chi connectivity index (χ1n) is 5.51. The summed E-state index contributed by atoms with van der Waals surface area (Å²) in [6, 6.07) is 9.59. The molecule has 3 nitrogen and oxygen atoms in total. The van der Waals surface area contributed by atoms with Crippen LogP contribution in [0.4, 0.5) is 0 Å². The van der Waals surface area contributed by atoms with Crippen molar-refractivity contribution in [1.29, 1.82) is 0 Å². The largest absolute Gasteiger partial charge is 0.214 e. The fourth-order valence-corrected chi connectivity index (χ4v) is 2.93. The van der Waals surface area contributed by atoms with Gasteiger partial charge in [0.1, 0.15) is 0 Å². The van der Waals surface area contributed by atoms with Gasteiger partial charge < -0.3 is 0 Å². The average molecular weight is 251 g/mol. The second kappa shape index (κ2) is 6.43. The normalized spacial score (nSPS) is 12.9. The molecule has 0 heterocycles. The van der Waals surface area contributed by atoms with E-state index in [1.54, 1.807) is 0 Å². The van der Waals surface area contributed by atoms with Crippen molar-refractivity contribution in [2.45, 2.75) is 19.3 Å². The van der Waals surface area contributed by atoms with Crippen LogP contribution < -0.4 is 4.72 Å². The van der Waals surface area contributed by atoms with E-state index in [-0.39, 0.29) is 11.7 Å². The van der Waals surface area contributed by atoms with Crippen LogP contribution in [0.2, 0.25) is 0 Å². The molecule has 1 rings (SSSR count). The number of terminal acetylenes is 1. The van der Waals surface area contributed by atoms with E-state index in [1.807, 2.05) is 37.3 Å². The Morgan fingerprint density at radius 2 is 2.00 bits per heavy atom. The maximum absolute atomic E-state index is 11.7. The van der Waals surface area contributed by atoms with E-state index in [2.05, 4.69) is 10.6 Å². The lowest BCUT2D eigenvalue weighted by molar-refractivity contribution is 0.577. The average Bonchev–Trinajstić information content (AvgIpc) is 2.30. The third-order valence-electron chi connectivity index (χ3n) is 2.43. The van der Waals surface area contributed by atoms with Crippen LogP contribution in [0.1, 0.15) is 24.8 Å². The summed E-state index contributed by atoms with van der Waals surface area (Å²) in [4.78, 5) is 0. The van der Waals surface area contributed by atoms with E-state index < -0.39 is 10.0 Å². The zero-order valence-corrected chi connectivity index (χ0v) is 10.7. The van der Waals surface area contributed by atoms with Crippen molar-refractivity contribution in [3.05, 3.63) is 35.9 Å². The van der Waals surface area contributed by atoms with E-state index in [0.717, 1.165) is 5.56 Å². The minimum absolute atomic E-state index is 0.0282. The topological polar surface area (TPSA) is 46.2 Å². The molecule has 92 valence electrons. The minimum Gasteiger partial charge on any atom is -0.214 e. The highest BCUT2D eigenvalue weighted by molar-refractivity contribution is 7.89. The molecule has 1 atom stereocenters. The number of rotatable bonds is 6. The highest BCUT2D eigenvalue weighted by Crippen LogP contribution is 2.16. The van der Waals surface area contributed by atoms with Crippen LogP contribution in [0, 0.1) is 12.3 Å².